The highest BCUT2D eigenvalue weighted by Gasteiger charge is 2.22. The van der Waals surface area contributed by atoms with Gasteiger partial charge in [-0.1, -0.05) is 0 Å². The zero-order valence-corrected chi connectivity index (χ0v) is 12.2. The summed E-state index contributed by atoms with van der Waals surface area (Å²) in [6.07, 6.45) is 0.631. The first-order chi connectivity index (χ1) is 8.42. The standard InChI is InChI=1S/C13H28N4O/c1-5-14-12(17-9-6-11(18)10-17)15-7-8-16-13(2,3)4/h11,16,18H,5-10H2,1-4H3,(H,14,15)/t11-/m1/s1. The molecular weight excluding hydrogens is 228 g/mol. The lowest BCUT2D eigenvalue weighted by atomic mass is 10.1. The van der Waals surface area contributed by atoms with E-state index in [0.717, 1.165) is 38.6 Å². The number of nitrogens with zero attached hydrogens (tertiary/aromatic N) is 2. The normalized spacial score (nSPS) is 21.5. The largest absolute Gasteiger partial charge is 0.391 e. The van der Waals surface area contributed by atoms with Gasteiger partial charge in [-0.2, -0.15) is 0 Å². The fourth-order valence-electron chi connectivity index (χ4n) is 1.95. The minimum absolute atomic E-state index is 0.137. The van der Waals surface area contributed by atoms with Crippen molar-refractivity contribution in [3.05, 3.63) is 0 Å². The minimum atomic E-state index is -0.207. The second-order valence-corrected chi connectivity index (χ2v) is 5.80. The van der Waals surface area contributed by atoms with E-state index in [-0.39, 0.29) is 11.6 Å². The molecule has 1 rings (SSSR count). The van der Waals surface area contributed by atoms with Gasteiger partial charge in [0.25, 0.3) is 0 Å². The molecule has 0 spiro atoms. The number of guanidine groups is 1. The van der Waals surface area contributed by atoms with E-state index in [4.69, 9.17) is 0 Å². The average Bonchev–Trinajstić information content (AvgIpc) is 2.68. The van der Waals surface area contributed by atoms with Crippen LogP contribution < -0.4 is 10.6 Å². The van der Waals surface area contributed by atoms with Gasteiger partial charge in [0, 0.05) is 31.7 Å². The fourth-order valence-corrected chi connectivity index (χ4v) is 1.95. The van der Waals surface area contributed by atoms with Crippen molar-refractivity contribution in [2.24, 2.45) is 4.99 Å². The molecule has 1 heterocycles. The number of likely N-dealkylation sites (tertiary alicyclic amines) is 1. The number of aliphatic hydroxyl groups is 1. The van der Waals surface area contributed by atoms with Crippen LogP contribution in [-0.4, -0.2) is 60.3 Å². The van der Waals surface area contributed by atoms with Gasteiger partial charge in [-0.15, -0.1) is 0 Å². The number of β-amino-alcohol motifs (C(OH)–C–C–N with tert-alkyl or cyclic N) is 1. The van der Waals surface area contributed by atoms with Crippen molar-refractivity contribution in [1.29, 1.82) is 0 Å². The number of aliphatic imine (C=N–C) groups is 1. The molecule has 1 aliphatic rings. The van der Waals surface area contributed by atoms with Gasteiger partial charge in [0.05, 0.1) is 12.6 Å². The molecule has 5 nitrogen and oxygen atoms in total. The second kappa shape index (κ2) is 6.95. The fraction of sp³-hybridized carbons (Fsp3) is 0.923. The lowest BCUT2D eigenvalue weighted by Crippen LogP contribution is -2.42. The van der Waals surface area contributed by atoms with E-state index in [2.05, 4.69) is 48.2 Å². The predicted molar refractivity (Wildman–Crippen MR) is 75.9 cm³/mol. The Balaban J connectivity index is 2.41. The minimum Gasteiger partial charge on any atom is -0.391 e. The van der Waals surface area contributed by atoms with E-state index in [9.17, 15) is 5.11 Å². The Labute approximate surface area is 111 Å². The molecule has 0 bridgehead atoms. The number of hydrogen-bond donors (Lipinski definition) is 3. The van der Waals surface area contributed by atoms with Crippen LogP contribution in [-0.2, 0) is 0 Å². The molecule has 106 valence electrons. The van der Waals surface area contributed by atoms with Crippen molar-refractivity contribution in [2.45, 2.75) is 45.8 Å². The van der Waals surface area contributed by atoms with Gasteiger partial charge in [0.1, 0.15) is 0 Å². The number of hydrogen-bond acceptors (Lipinski definition) is 3. The summed E-state index contributed by atoms with van der Waals surface area (Å²) in [4.78, 5) is 6.72. The maximum atomic E-state index is 9.56. The van der Waals surface area contributed by atoms with Gasteiger partial charge in [0.15, 0.2) is 5.96 Å². The summed E-state index contributed by atoms with van der Waals surface area (Å²) in [6.45, 7) is 12.6. The van der Waals surface area contributed by atoms with Crippen LogP contribution in [0, 0.1) is 0 Å². The van der Waals surface area contributed by atoms with Crippen LogP contribution in [0.5, 0.6) is 0 Å². The summed E-state index contributed by atoms with van der Waals surface area (Å²) < 4.78 is 0. The first-order valence-corrected chi connectivity index (χ1v) is 6.88. The quantitative estimate of drug-likeness (QED) is 0.387. The first-order valence-electron chi connectivity index (χ1n) is 6.88. The van der Waals surface area contributed by atoms with Gasteiger partial charge < -0.3 is 20.6 Å². The second-order valence-electron chi connectivity index (χ2n) is 5.80. The van der Waals surface area contributed by atoms with Gasteiger partial charge in [-0.3, -0.25) is 4.99 Å². The van der Waals surface area contributed by atoms with Crippen LogP contribution in [0.4, 0.5) is 0 Å². The Morgan fingerprint density at radius 1 is 1.44 bits per heavy atom. The predicted octanol–water partition coefficient (Wildman–Crippen LogP) is 0.407. The van der Waals surface area contributed by atoms with Crippen LogP contribution in [0.25, 0.3) is 0 Å². The molecule has 0 unspecified atom stereocenters. The summed E-state index contributed by atoms with van der Waals surface area (Å²) in [5, 5.41) is 16.3. The van der Waals surface area contributed by atoms with Gasteiger partial charge in [-0.25, -0.2) is 0 Å². The molecule has 5 heteroatoms. The van der Waals surface area contributed by atoms with E-state index < -0.39 is 0 Å². The Morgan fingerprint density at radius 3 is 2.67 bits per heavy atom. The summed E-state index contributed by atoms with van der Waals surface area (Å²) in [6, 6.07) is 0. The Kier molecular flexibility index (Phi) is 5.88. The highest BCUT2D eigenvalue weighted by Crippen LogP contribution is 2.08. The van der Waals surface area contributed by atoms with E-state index in [0.29, 0.717) is 6.54 Å². The van der Waals surface area contributed by atoms with Crippen LogP contribution in [0.15, 0.2) is 4.99 Å². The molecular formula is C13H28N4O. The van der Waals surface area contributed by atoms with Crippen molar-refractivity contribution in [3.63, 3.8) is 0 Å². The molecule has 0 aliphatic carbocycles. The lowest BCUT2D eigenvalue weighted by Gasteiger charge is -2.22. The zero-order chi connectivity index (χ0) is 13.6. The van der Waals surface area contributed by atoms with E-state index in [1.807, 2.05) is 0 Å². The molecule has 1 atom stereocenters. The molecule has 1 saturated heterocycles. The van der Waals surface area contributed by atoms with Gasteiger partial charge in [0.2, 0.25) is 0 Å². The Morgan fingerprint density at radius 2 is 2.17 bits per heavy atom. The molecule has 0 aromatic carbocycles. The Bertz CT molecular complexity index is 273. The maximum absolute atomic E-state index is 9.56. The highest BCUT2D eigenvalue weighted by molar-refractivity contribution is 5.80. The smallest absolute Gasteiger partial charge is 0.194 e. The Hall–Kier alpha value is -0.810. The molecule has 1 aliphatic heterocycles. The van der Waals surface area contributed by atoms with E-state index in [1.165, 1.54) is 0 Å². The van der Waals surface area contributed by atoms with Crippen molar-refractivity contribution in [2.75, 3.05) is 32.7 Å². The zero-order valence-electron chi connectivity index (χ0n) is 12.2. The molecule has 0 amide bonds. The van der Waals surface area contributed by atoms with Crippen LogP contribution in [0.1, 0.15) is 34.1 Å². The summed E-state index contributed by atoms with van der Waals surface area (Å²) in [7, 11) is 0. The van der Waals surface area contributed by atoms with Crippen molar-refractivity contribution >= 4 is 5.96 Å². The third-order valence-electron chi connectivity index (χ3n) is 2.83. The van der Waals surface area contributed by atoms with Crippen LogP contribution >= 0.6 is 0 Å². The molecule has 3 N–H and O–H groups in total. The monoisotopic (exact) mass is 256 g/mol. The van der Waals surface area contributed by atoms with Crippen LogP contribution in [0.3, 0.4) is 0 Å². The van der Waals surface area contributed by atoms with Crippen LogP contribution in [0.2, 0.25) is 0 Å². The summed E-state index contributed by atoms with van der Waals surface area (Å²) in [5.74, 6) is 0.921. The SMILES string of the molecule is CCNC(=NCCNC(C)(C)C)N1CC[C@@H](O)C1. The van der Waals surface area contributed by atoms with Crippen molar-refractivity contribution in [1.82, 2.24) is 15.5 Å². The molecule has 0 aromatic heterocycles. The lowest BCUT2D eigenvalue weighted by molar-refractivity contribution is 0.188. The number of aliphatic hydroxyl groups excluding tert-OH is 1. The first kappa shape index (κ1) is 15.2. The third-order valence-corrected chi connectivity index (χ3v) is 2.83. The van der Waals surface area contributed by atoms with Crippen molar-refractivity contribution < 1.29 is 5.11 Å². The number of nitrogens with one attached hydrogen (secondary N) is 2. The average molecular weight is 256 g/mol. The molecule has 0 saturated carbocycles. The van der Waals surface area contributed by atoms with E-state index in [1.54, 1.807) is 0 Å². The highest BCUT2D eigenvalue weighted by atomic mass is 16.3. The molecule has 1 fully saturated rings. The van der Waals surface area contributed by atoms with E-state index >= 15 is 0 Å². The third kappa shape index (κ3) is 5.69. The number of rotatable bonds is 4. The maximum Gasteiger partial charge on any atom is 0.194 e. The molecule has 18 heavy (non-hydrogen) atoms. The topological polar surface area (TPSA) is 59.9 Å². The summed E-state index contributed by atoms with van der Waals surface area (Å²) >= 11 is 0. The van der Waals surface area contributed by atoms with Crippen molar-refractivity contribution in [3.8, 4) is 0 Å². The summed E-state index contributed by atoms with van der Waals surface area (Å²) in [5.41, 5.74) is 0.137. The van der Waals surface area contributed by atoms with Gasteiger partial charge >= 0.3 is 0 Å². The van der Waals surface area contributed by atoms with Gasteiger partial charge in [-0.05, 0) is 34.1 Å². The molecule has 0 aromatic rings. The molecule has 0 radical (unpaired) electrons.